The van der Waals surface area contributed by atoms with E-state index in [4.69, 9.17) is 4.43 Å². The zero-order valence-corrected chi connectivity index (χ0v) is 18.7. The average Bonchev–Trinajstić information content (AvgIpc) is 2.57. The van der Waals surface area contributed by atoms with Gasteiger partial charge < -0.3 is 19.5 Å². The van der Waals surface area contributed by atoms with Gasteiger partial charge >= 0.3 is 0 Å². The van der Waals surface area contributed by atoms with E-state index in [-0.39, 0.29) is 9.76 Å². The predicted octanol–water partition coefficient (Wildman–Crippen LogP) is 2.73. The van der Waals surface area contributed by atoms with Crippen molar-refractivity contribution in [2.45, 2.75) is 71.9 Å². The molecule has 0 amide bonds. The Kier molecular flexibility index (Phi) is 17.9. The minimum Gasteiger partial charge on any atom is -0.421 e. The van der Waals surface area contributed by atoms with E-state index in [0.717, 1.165) is 19.6 Å². The summed E-state index contributed by atoms with van der Waals surface area (Å²) in [5.74, 6) is 0. The molecule has 0 aromatic heterocycles. The quantitative estimate of drug-likeness (QED) is 0.301. The lowest BCUT2D eigenvalue weighted by atomic mass is 10.2. The monoisotopic (exact) mass is 359 g/mol. The van der Waals surface area contributed by atoms with Gasteiger partial charge in [0.2, 0.25) is 0 Å². The van der Waals surface area contributed by atoms with Crippen molar-refractivity contribution < 1.29 is 4.43 Å². The first kappa shape index (κ1) is 24.1. The maximum absolute atomic E-state index is 6.04. The Morgan fingerprint density at radius 2 is 1.71 bits per heavy atom. The SMILES string of the molecule is CCCNCCCN(CCCN(C)CC)CC[SiH2]OC(C)CCC. The van der Waals surface area contributed by atoms with Crippen LogP contribution in [0.3, 0.4) is 0 Å². The van der Waals surface area contributed by atoms with Gasteiger partial charge in [0.15, 0.2) is 9.76 Å². The summed E-state index contributed by atoms with van der Waals surface area (Å²) in [6, 6.07) is 1.29. The second kappa shape index (κ2) is 17.9. The van der Waals surface area contributed by atoms with E-state index in [1.807, 2.05) is 0 Å². The maximum Gasteiger partial charge on any atom is 0.163 e. The van der Waals surface area contributed by atoms with Gasteiger partial charge in [-0.3, -0.25) is 0 Å². The topological polar surface area (TPSA) is 27.7 Å². The largest absolute Gasteiger partial charge is 0.421 e. The molecule has 0 heterocycles. The summed E-state index contributed by atoms with van der Waals surface area (Å²) in [6.45, 7) is 17.3. The van der Waals surface area contributed by atoms with Gasteiger partial charge in [-0.1, -0.05) is 27.2 Å². The van der Waals surface area contributed by atoms with Crippen LogP contribution in [0.2, 0.25) is 6.04 Å². The Balaban J connectivity index is 3.92. The molecule has 0 saturated carbocycles. The molecule has 0 fully saturated rings. The van der Waals surface area contributed by atoms with Crippen molar-refractivity contribution in [3.05, 3.63) is 0 Å². The van der Waals surface area contributed by atoms with Gasteiger partial charge in [-0.25, -0.2) is 0 Å². The summed E-state index contributed by atoms with van der Waals surface area (Å²) >= 11 is 0. The molecule has 0 aliphatic carbocycles. The molecule has 4 nitrogen and oxygen atoms in total. The van der Waals surface area contributed by atoms with Crippen LogP contribution in [0, 0.1) is 0 Å². The summed E-state index contributed by atoms with van der Waals surface area (Å²) in [6.07, 6.45) is 6.69. The normalized spacial score (nSPS) is 13.6. The molecule has 0 aromatic rings. The molecule has 0 rings (SSSR count). The fraction of sp³-hybridized carbons (Fsp3) is 1.00. The van der Waals surface area contributed by atoms with Gasteiger partial charge in [-0.15, -0.1) is 0 Å². The second-order valence-electron chi connectivity index (χ2n) is 7.02. The van der Waals surface area contributed by atoms with Gasteiger partial charge in [0.1, 0.15) is 0 Å². The minimum absolute atomic E-state index is 0.347. The second-order valence-corrected chi connectivity index (χ2v) is 8.47. The molecule has 0 aliphatic rings. The predicted molar refractivity (Wildman–Crippen MR) is 111 cm³/mol. The molecule has 1 N–H and O–H groups in total. The number of hydrogen-bond acceptors (Lipinski definition) is 4. The molecule has 0 radical (unpaired) electrons. The van der Waals surface area contributed by atoms with Crippen LogP contribution < -0.4 is 5.32 Å². The van der Waals surface area contributed by atoms with Gasteiger partial charge in [0, 0.05) is 6.10 Å². The first-order valence-corrected chi connectivity index (χ1v) is 11.9. The standard InChI is InChI=1S/C19H45N3OSi/c1-6-11-19(4)23-24-18-17-22(15-9-13-20-12-7-2)16-10-14-21(5)8-3/h19-20H,6-18,24H2,1-5H3. The van der Waals surface area contributed by atoms with E-state index in [0.29, 0.717) is 6.10 Å². The zero-order valence-electron chi connectivity index (χ0n) is 17.3. The summed E-state index contributed by atoms with van der Waals surface area (Å²) in [5, 5.41) is 3.52. The van der Waals surface area contributed by atoms with Gasteiger partial charge in [-0.2, -0.15) is 0 Å². The van der Waals surface area contributed by atoms with Crippen molar-refractivity contribution in [1.82, 2.24) is 15.1 Å². The molecule has 146 valence electrons. The third-order valence-corrected chi connectivity index (χ3v) is 5.93. The first-order valence-electron chi connectivity index (χ1n) is 10.4. The van der Waals surface area contributed by atoms with Gasteiger partial charge in [-0.05, 0) is 91.5 Å². The Labute approximate surface area is 154 Å². The van der Waals surface area contributed by atoms with Crippen molar-refractivity contribution in [1.29, 1.82) is 0 Å². The summed E-state index contributed by atoms with van der Waals surface area (Å²) in [7, 11) is 1.87. The lowest BCUT2D eigenvalue weighted by molar-refractivity contribution is 0.214. The Hall–Kier alpha value is 0.0569. The molecular formula is C19H45N3OSi. The van der Waals surface area contributed by atoms with E-state index >= 15 is 0 Å². The van der Waals surface area contributed by atoms with Crippen LogP contribution in [-0.2, 0) is 4.43 Å². The summed E-state index contributed by atoms with van der Waals surface area (Å²) < 4.78 is 6.04. The van der Waals surface area contributed by atoms with E-state index in [2.05, 4.69) is 49.9 Å². The minimum atomic E-state index is -0.347. The van der Waals surface area contributed by atoms with Crippen molar-refractivity contribution in [2.75, 3.05) is 52.9 Å². The summed E-state index contributed by atoms with van der Waals surface area (Å²) in [4.78, 5) is 5.07. The highest BCUT2D eigenvalue weighted by Gasteiger charge is 2.07. The van der Waals surface area contributed by atoms with E-state index in [1.165, 1.54) is 64.3 Å². The third-order valence-electron chi connectivity index (χ3n) is 4.52. The molecule has 0 aromatic carbocycles. The van der Waals surface area contributed by atoms with Crippen molar-refractivity contribution in [3.63, 3.8) is 0 Å². The average molecular weight is 360 g/mol. The van der Waals surface area contributed by atoms with Crippen LogP contribution in [0.1, 0.15) is 59.8 Å². The van der Waals surface area contributed by atoms with Crippen molar-refractivity contribution in [2.24, 2.45) is 0 Å². The number of nitrogens with zero attached hydrogens (tertiary/aromatic N) is 2. The van der Waals surface area contributed by atoms with Crippen molar-refractivity contribution >= 4 is 9.76 Å². The molecule has 1 unspecified atom stereocenters. The third kappa shape index (κ3) is 15.6. The molecule has 0 spiro atoms. The number of rotatable bonds is 18. The zero-order chi connectivity index (χ0) is 18.0. The van der Waals surface area contributed by atoms with E-state index in [9.17, 15) is 0 Å². The van der Waals surface area contributed by atoms with Crippen LogP contribution in [-0.4, -0.2) is 78.5 Å². The van der Waals surface area contributed by atoms with Crippen LogP contribution >= 0.6 is 0 Å². The van der Waals surface area contributed by atoms with Crippen LogP contribution in [0.4, 0.5) is 0 Å². The number of hydrogen-bond donors (Lipinski definition) is 1. The van der Waals surface area contributed by atoms with Crippen molar-refractivity contribution in [3.8, 4) is 0 Å². The van der Waals surface area contributed by atoms with Crippen LogP contribution in [0.15, 0.2) is 0 Å². The molecule has 1 atom stereocenters. The molecular weight excluding hydrogens is 314 g/mol. The molecule has 0 aliphatic heterocycles. The number of nitrogens with one attached hydrogen (secondary N) is 1. The molecule has 5 heteroatoms. The van der Waals surface area contributed by atoms with Gasteiger partial charge in [0.05, 0.1) is 0 Å². The Bertz CT molecular complexity index is 257. The van der Waals surface area contributed by atoms with Crippen LogP contribution in [0.5, 0.6) is 0 Å². The lowest BCUT2D eigenvalue weighted by Crippen LogP contribution is -2.32. The summed E-state index contributed by atoms with van der Waals surface area (Å²) in [5.41, 5.74) is 0. The Morgan fingerprint density at radius 3 is 2.38 bits per heavy atom. The lowest BCUT2D eigenvalue weighted by Gasteiger charge is -2.24. The van der Waals surface area contributed by atoms with Gasteiger partial charge in [0.25, 0.3) is 0 Å². The molecule has 0 bridgehead atoms. The van der Waals surface area contributed by atoms with Crippen LogP contribution in [0.25, 0.3) is 0 Å². The first-order chi connectivity index (χ1) is 11.6. The fourth-order valence-electron chi connectivity index (χ4n) is 2.85. The highest BCUT2D eigenvalue weighted by molar-refractivity contribution is 6.27. The fourth-order valence-corrected chi connectivity index (χ4v) is 4.16. The maximum atomic E-state index is 6.04. The highest BCUT2D eigenvalue weighted by atomic mass is 28.2. The smallest absolute Gasteiger partial charge is 0.163 e. The molecule has 24 heavy (non-hydrogen) atoms. The van der Waals surface area contributed by atoms with E-state index < -0.39 is 0 Å². The van der Waals surface area contributed by atoms with E-state index in [1.54, 1.807) is 0 Å². The molecule has 0 saturated heterocycles. The highest BCUT2D eigenvalue weighted by Crippen LogP contribution is 2.02. The Morgan fingerprint density at radius 1 is 0.958 bits per heavy atom.